The Morgan fingerprint density at radius 3 is 2.26 bits per heavy atom. The molecule has 7 nitrogen and oxygen atoms in total. The van der Waals surface area contributed by atoms with Gasteiger partial charge < -0.3 is 21.3 Å². The van der Waals surface area contributed by atoms with Gasteiger partial charge in [0.2, 0.25) is 0 Å². The van der Waals surface area contributed by atoms with E-state index >= 15 is 0 Å². The van der Waals surface area contributed by atoms with Gasteiger partial charge in [0.15, 0.2) is 0 Å². The third kappa shape index (κ3) is 3.36. The number of hydrogen-bond donors (Lipinski definition) is 3. The summed E-state index contributed by atoms with van der Waals surface area (Å²) in [6, 6.07) is 8.87. The SMILES string of the molecule is Nc1ccc(-n2c(=O)c(C(=O)O)c(N)c3ccc(OC(F)(F)F)cc32)cc1. The molecular weight excluding hydrogens is 367 g/mol. The van der Waals surface area contributed by atoms with Crippen molar-refractivity contribution in [3.05, 3.63) is 58.4 Å². The zero-order chi connectivity index (χ0) is 19.9. The lowest BCUT2D eigenvalue weighted by molar-refractivity contribution is -0.274. The maximum atomic E-state index is 12.7. The van der Waals surface area contributed by atoms with E-state index in [0.717, 1.165) is 22.8 Å². The minimum absolute atomic E-state index is 0.0472. The lowest BCUT2D eigenvalue weighted by Crippen LogP contribution is -2.27. The Hall–Kier alpha value is -3.69. The Balaban J connectivity index is 2.41. The molecular formula is C17H12F3N3O4. The predicted octanol–water partition coefficient (Wildman–Crippen LogP) is 2.75. The van der Waals surface area contributed by atoms with Gasteiger partial charge in [0.25, 0.3) is 5.56 Å². The molecule has 140 valence electrons. The minimum atomic E-state index is -4.94. The molecule has 0 bridgehead atoms. The summed E-state index contributed by atoms with van der Waals surface area (Å²) >= 11 is 0. The Labute approximate surface area is 149 Å². The van der Waals surface area contributed by atoms with Crippen molar-refractivity contribution in [2.24, 2.45) is 0 Å². The van der Waals surface area contributed by atoms with Crippen LogP contribution in [0.2, 0.25) is 0 Å². The van der Waals surface area contributed by atoms with E-state index < -0.39 is 29.2 Å². The number of nitrogens with zero attached hydrogens (tertiary/aromatic N) is 1. The number of nitrogen functional groups attached to an aromatic ring is 2. The third-order valence-electron chi connectivity index (χ3n) is 3.79. The molecule has 0 radical (unpaired) electrons. The summed E-state index contributed by atoms with van der Waals surface area (Å²) in [6.45, 7) is 0. The molecule has 2 aromatic carbocycles. The second-order valence-electron chi connectivity index (χ2n) is 5.55. The van der Waals surface area contributed by atoms with Crippen LogP contribution in [0.25, 0.3) is 16.6 Å². The minimum Gasteiger partial charge on any atom is -0.477 e. The average Bonchev–Trinajstić information content (AvgIpc) is 2.54. The highest BCUT2D eigenvalue weighted by molar-refractivity contribution is 6.04. The second kappa shape index (κ2) is 6.24. The van der Waals surface area contributed by atoms with Crippen molar-refractivity contribution < 1.29 is 27.8 Å². The number of benzene rings is 2. The molecule has 0 fully saturated rings. The van der Waals surface area contributed by atoms with E-state index in [1.165, 1.54) is 24.3 Å². The molecule has 0 saturated carbocycles. The van der Waals surface area contributed by atoms with Crippen molar-refractivity contribution in [3.8, 4) is 11.4 Å². The molecule has 3 rings (SSSR count). The molecule has 0 unspecified atom stereocenters. The Morgan fingerprint density at radius 2 is 1.70 bits per heavy atom. The van der Waals surface area contributed by atoms with E-state index in [0.29, 0.717) is 5.69 Å². The van der Waals surface area contributed by atoms with Crippen LogP contribution in [0.4, 0.5) is 24.5 Å². The number of pyridine rings is 1. The molecule has 0 amide bonds. The van der Waals surface area contributed by atoms with Gasteiger partial charge in [-0.25, -0.2) is 4.79 Å². The van der Waals surface area contributed by atoms with Gasteiger partial charge in [-0.1, -0.05) is 0 Å². The van der Waals surface area contributed by atoms with Crippen LogP contribution in [0, 0.1) is 0 Å². The summed E-state index contributed by atoms with van der Waals surface area (Å²) in [7, 11) is 0. The lowest BCUT2D eigenvalue weighted by atomic mass is 10.1. The molecule has 0 aliphatic rings. The van der Waals surface area contributed by atoms with Gasteiger partial charge in [-0.3, -0.25) is 9.36 Å². The quantitative estimate of drug-likeness (QED) is 0.602. The highest BCUT2D eigenvalue weighted by Gasteiger charge is 2.31. The molecule has 0 saturated heterocycles. The van der Waals surface area contributed by atoms with Crippen molar-refractivity contribution in [3.63, 3.8) is 0 Å². The van der Waals surface area contributed by atoms with Crippen molar-refractivity contribution in [2.45, 2.75) is 6.36 Å². The van der Waals surface area contributed by atoms with E-state index in [1.807, 2.05) is 0 Å². The molecule has 1 aromatic heterocycles. The fraction of sp³-hybridized carbons (Fsp3) is 0.0588. The van der Waals surface area contributed by atoms with Gasteiger partial charge in [0.05, 0.1) is 11.2 Å². The van der Waals surface area contributed by atoms with Crippen LogP contribution in [0.3, 0.4) is 0 Å². The molecule has 27 heavy (non-hydrogen) atoms. The first kappa shape index (κ1) is 18.1. The van der Waals surface area contributed by atoms with Gasteiger partial charge in [0, 0.05) is 22.8 Å². The number of anilines is 2. The normalized spacial score (nSPS) is 11.5. The van der Waals surface area contributed by atoms with E-state index in [-0.39, 0.29) is 22.3 Å². The number of carbonyl (C=O) groups is 1. The number of ether oxygens (including phenoxy) is 1. The van der Waals surface area contributed by atoms with Gasteiger partial charge in [-0.05, 0) is 36.4 Å². The monoisotopic (exact) mass is 379 g/mol. The summed E-state index contributed by atoms with van der Waals surface area (Å²) < 4.78 is 42.4. The van der Waals surface area contributed by atoms with Crippen molar-refractivity contribution >= 4 is 28.2 Å². The van der Waals surface area contributed by atoms with Crippen molar-refractivity contribution in [1.82, 2.24) is 4.57 Å². The number of fused-ring (bicyclic) bond motifs is 1. The summed E-state index contributed by atoms with van der Waals surface area (Å²) in [6.07, 6.45) is -4.94. The number of rotatable bonds is 3. The number of aromatic nitrogens is 1. The van der Waals surface area contributed by atoms with Crippen LogP contribution in [-0.2, 0) is 0 Å². The van der Waals surface area contributed by atoms with Crippen LogP contribution >= 0.6 is 0 Å². The number of aromatic carboxylic acids is 1. The first-order valence-corrected chi connectivity index (χ1v) is 7.41. The maximum Gasteiger partial charge on any atom is 0.573 e. The van der Waals surface area contributed by atoms with Crippen LogP contribution in [0.15, 0.2) is 47.3 Å². The Morgan fingerprint density at radius 1 is 1.07 bits per heavy atom. The van der Waals surface area contributed by atoms with E-state index in [9.17, 15) is 27.9 Å². The number of halogens is 3. The fourth-order valence-corrected chi connectivity index (χ4v) is 2.68. The number of carboxylic acid groups (broad SMARTS) is 1. The van der Waals surface area contributed by atoms with Crippen LogP contribution in [0.1, 0.15) is 10.4 Å². The first-order valence-electron chi connectivity index (χ1n) is 7.41. The number of hydrogen-bond acceptors (Lipinski definition) is 5. The van der Waals surface area contributed by atoms with E-state index in [4.69, 9.17) is 11.5 Å². The summed E-state index contributed by atoms with van der Waals surface area (Å²) in [5.74, 6) is -2.14. The first-order chi connectivity index (χ1) is 12.6. The van der Waals surface area contributed by atoms with Gasteiger partial charge >= 0.3 is 12.3 Å². The molecule has 0 spiro atoms. The topological polar surface area (TPSA) is 121 Å². The van der Waals surface area contributed by atoms with Gasteiger partial charge in [0.1, 0.15) is 11.3 Å². The van der Waals surface area contributed by atoms with E-state index in [1.54, 1.807) is 0 Å². The zero-order valence-corrected chi connectivity index (χ0v) is 13.4. The number of carboxylic acids is 1. The smallest absolute Gasteiger partial charge is 0.477 e. The summed E-state index contributed by atoms with van der Waals surface area (Å²) in [5, 5.41) is 9.42. The number of alkyl halides is 3. The van der Waals surface area contributed by atoms with E-state index in [2.05, 4.69) is 4.74 Å². The fourth-order valence-electron chi connectivity index (χ4n) is 2.68. The molecule has 1 heterocycles. The van der Waals surface area contributed by atoms with Crippen LogP contribution in [-0.4, -0.2) is 22.0 Å². The molecule has 0 aliphatic carbocycles. The molecule has 5 N–H and O–H groups in total. The summed E-state index contributed by atoms with van der Waals surface area (Å²) in [5.41, 5.74) is 9.89. The second-order valence-corrected chi connectivity index (χ2v) is 5.55. The Bertz CT molecular complexity index is 1110. The van der Waals surface area contributed by atoms with Crippen LogP contribution < -0.4 is 21.8 Å². The average molecular weight is 379 g/mol. The Kier molecular flexibility index (Phi) is 4.18. The molecule has 10 heteroatoms. The standard InChI is InChI=1S/C17H12F3N3O4/c18-17(19,20)27-10-5-6-11-12(7-10)23(9-3-1-8(21)2-4-9)15(24)13(14(11)22)16(25)26/h1-7H,21-22H2,(H,25,26). The molecule has 3 aromatic rings. The lowest BCUT2D eigenvalue weighted by Gasteiger charge is -2.16. The maximum absolute atomic E-state index is 12.7. The zero-order valence-electron chi connectivity index (χ0n) is 13.4. The summed E-state index contributed by atoms with van der Waals surface area (Å²) in [4.78, 5) is 24.2. The number of nitrogens with two attached hydrogens (primary N) is 2. The largest absolute Gasteiger partial charge is 0.573 e. The van der Waals surface area contributed by atoms with Crippen LogP contribution in [0.5, 0.6) is 5.75 Å². The predicted molar refractivity (Wildman–Crippen MR) is 92.0 cm³/mol. The highest BCUT2D eigenvalue weighted by atomic mass is 19.4. The van der Waals surface area contributed by atoms with Gasteiger partial charge in [-0.2, -0.15) is 0 Å². The van der Waals surface area contributed by atoms with Gasteiger partial charge in [-0.15, -0.1) is 13.2 Å². The molecule has 0 atom stereocenters. The van der Waals surface area contributed by atoms with Crippen molar-refractivity contribution in [2.75, 3.05) is 11.5 Å². The van der Waals surface area contributed by atoms with Crippen molar-refractivity contribution in [1.29, 1.82) is 0 Å². The molecule has 0 aliphatic heterocycles. The third-order valence-corrected chi connectivity index (χ3v) is 3.79. The highest BCUT2D eigenvalue weighted by Crippen LogP contribution is 2.31.